The number of nitrogen functional groups attached to an aromatic ring is 1. The van der Waals surface area contributed by atoms with Crippen molar-refractivity contribution in [1.29, 1.82) is 0 Å². The van der Waals surface area contributed by atoms with Crippen LogP contribution in [0.3, 0.4) is 0 Å². The van der Waals surface area contributed by atoms with E-state index in [0.29, 0.717) is 11.6 Å². The van der Waals surface area contributed by atoms with Gasteiger partial charge in [0.1, 0.15) is 0 Å². The number of rotatable bonds is 5. The van der Waals surface area contributed by atoms with Crippen molar-refractivity contribution in [3.8, 4) is 5.88 Å². The lowest BCUT2D eigenvalue weighted by Gasteiger charge is -2.03. The van der Waals surface area contributed by atoms with Gasteiger partial charge in [-0.1, -0.05) is 19.8 Å². The molecule has 1 aromatic rings. The molecular formula is C10H16N2O. The lowest BCUT2D eigenvalue weighted by atomic mass is 10.3. The van der Waals surface area contributed by atoms with E-state index >= 15 is 0 Å². The molecule has 0 unspecified atom stereocenters. The Labute approximate surface area is 78.9 Å². The summed E-state index contributed by atoms with van der Waals surface area (Å²) in [4.78, 5) is 4.03. The largest absolute Gasteiger partial charge is 0.478 e. The standard InChI is InChI=1S/C10H16N2O/c1-2-3-4-7-13-10-6-5-9(11)8-12-10/h5-6,8H,2-4,7,11H2,1H3. The Hall–Kier alpha value is -1.25. The zero-order valence-electron chi connectivity index (χ0n) is 7.99. The fourth-order valence-electron chi connectivity index (χ4n) is 1.01. The van der Waals surface area contributed by atoms with Gasteiger partial charge in [-0.15, -0.1) is 0 Å². The Balaban J connectivity index is 2.25. The molecule has 3 nitrogen and oxygen atoms in total. The molecule has 0 fully saturated rings. The van der Waals surface area contributed by atoms with E-state index in [1.54, 1.807) is 18.3 Å². The van der Waals surface area contributed by atoms with Crippen molar-refractivity contribution >= 4 is 5.69 Å². The molecule has 2 N–H and O–H groups in total. The van der Waals surface area contributed by atoms with E-state index in [4.69, 9.17) is 10.5 Å². The molecule has 0 amide bonds. The van der Waals surface area contributed by atoms with Crippen LogP contribution in [0.1, 0.15) is 26.2 Å². The first-order valence-corrected chi connectivity index (χ1v) is 4.67. The highest BCUT2D eigenvalue weighted by Gasteiger charge is 1.93. The summed E-state index contributed by atoms with van der Waals surface area (Å²) >= 11 is 0. The molecule has 0 aliphatic carbocycles. The Morgan fingerprint density at radius 3 is 2.85 bits per heavy atom. The van der Waals surface area contributed by atoms with Crippen molar-refractivity contribution in [2.45, 2.75) is 26.2 Å². The van der Waals surface area contributed by atoms with Gasteiger partial charge < -0.3 is 10.5 Å². The third-order valence-electron chi connectivity index (χ3n) is 1.76. The zero-order chi connectivity index (χ0) is 9.52. The number of unbranched alkanes of at least 4 members (excludes halogenated alkanes) is 2. The second-order valence-corrected chi connectivity index (χ2v) is 2.99. The summed E-state index contributed by atoms with van der Waals surface area (Å²) in [5, 5.41) is 0. The first-order chi connectivity index (χ1) is 6.33. The highest BCUT2D eigenvalue weighted by Crippen LogP contribution is 2.08. The van der Waals surface area contributed by atoms with E-state index in [1.807, 2.05) is 0 Å². The molecule has 0 aliphatic rings. The minimum atomic E-state index is 0.658. The van der Waals surface area contributed by atoms with Crippen LogP contribution in [0.5, 0.6) is 5.88 Å². The van der Waals surface area contributed by atoms with Gasteiger partial charge in [-0.2, -0.15) is 0 Å². The van der Waals surface area contributed by atoms with Gasteiger partial charge in [0.05, 0.1) is 18.5 Å². The predicted octanol–water partition coefficient (Wildman–Crippen LogP) is 2.23. The Bertz CT molecular complexity index is 233. The van der Waals surface area contributed by atoms with Crippen molar-refractivity contribution < 1.29 is 4.74 Å². The number of aromatic nitrogens is 1. The second-order valence-electron chi connectivity index (χ2n) is 2.99. The molecule has 0 aliphatic heterocycles. The molecule has 0 spiro atoms. The van der Waals surface area contributed by atoms with E-state index in [-0.39, 0.29) is 0 Å². The van der Waals surface area contributed by atoms with Gasteiger partial charge in [0.15, 0.2) is 0 Å². The van der Waals surface area contributed by atoms with Crippen LogP contribution < -0.4 is 10.5 Å². The molecule has 13 heavy (non-hydrogen) atoms. The maximum atomic E-state index is 5.48. The third-order valence-corrected chi connectivity index (χ3v) is 1.76. The first kappa shape index (κ1) is 9.84. The van der Waals surface area contributed by atoms with Crippen molar-refractivity contribution in [1.82, 2.24) is 4.98 Å². The van der Waals surface area contributed by atoms with Crippen molar-refractivity contribution in [2.75, 3.05) is 12.3 Å². The Morgan fingerprint density at radius 1 is 1.38 bits per heavy atom. The fourth-order valence-corrected chi connectivity index (χ4v) is 1.01. The molecule has 0 atom stereocenters. The molecule has 1 heterocycles. The van der Waals surface area contributed by atoms with Gasteiger partial charge in [-0.05, 0) is 12.5 Å². The Morgan fingerprint density at radius 2 is 2.23 bits per heavy atom. The van der Waals surface area contributed by atoms with Crippen LogP contribution in [0, 0.1) is 0 Å². The number of pyridine rings is 1. The summed E-state index contributed by atoms with van der Waals surface area (Å²) in [5.74, 6) is 0.658. The number of nitrogens with two attached hydrogens (primary N) is 1. The average molecular weight is 180 g/mol. The number of ether oxygens (including phenoxy) is 1. The van der Waals surface area contributed by atoms with Crippen molar-refractivity contribution in [3.05, 3.63) is 18.3 Å². The van der Waals surface area contributed by atoms with E-state index < -0.39 is 0 Å². The van der Waals surface area contributed by atoms with E-state index in [1.165, 1.54) is 12.8 Å². The minimum Gasteiger partial charge on any atom is -0.478 e. The Kier molecular flexibility index (Phi) is 4.09. The molecule has 3 heteroatoms. The molecule has 0 saturated carbocycles. The normalized spacial score (nSPS) is 9.92. The van der Waals surface area contributed by atoms with Crippen LogP contribution in [-0.4, -0.2) is 11.6 Å². The highest BCUT2D eigenvalue weighted by molar-refractivity contribution is 5.35. The van der Waals surface area contributed by atoms with Crippen molar-refractivity contribution in [2.24, 2.45) is 0 Å². The fraction of sp³-hybridized carbons (Fsp3) is 0.500. The average Bonchev–Trinajstić information content (AvgIpc) is 2.15. The maximum absolute atomic E-state index is 5.48. The highest BCUT2D eigenvalue weighted by atomic mass is 16.5. The summed E-state index contributed by atoms with van der Waals surface area (Å²) in [7, 11) is 0. The van der Waals surface area contributed by atoms with Gasteiger partial charge in [0.25, 0.3) is 0 Å². The quantitative estimate of drug-likeness (QED) is 0.707. The number of hydrogen-bond donors (Lipinski definition) is 1. The molecule has 72 valence electrons. The molecular weight excluding hydrogens is 164 g/mol. The van der Waals surface area contributed by atoms with Gasteiger partial charge in [0, 0.05) is 6.07 Å². The summed E-state index contributed by atoms with van der Waals surface area (Å²) in [6, 6.07) is 3.59. The maximum Gasteiger partial charge on any atom is 0.213 e. The molecule has 1 rings (SSSR count). The second kappa shape index (κ2) is 5.41. The SMILES string of the molecule is CCCCCOc1ccc(N)cn1. The lowest BCUT2D eigenvalue weighted by Crippen LogP contribution is -1.99. The number of hydrogen-bond acceptors (Lipinski definition) is 3. The van der Waals surface area contributed by atoms with Gasteiger partial charge in [-0.3, -0.25) is 0 Å². The first-order valence-electron chi connectivity index (χ1n) is 4.67. The molecule has 0 radical (unpaired) electrons. The smallest absolute Gasteiger partial charge is 0.213 e. The summed E-state index contributed by atoms with van der Waals surface area (Å²) in [6.45, 7) is 2.91. The van der Waals surface area contributed by atoms with Crippen LogP contribution in [0.4, 0.5) is 5.69 Å². The van der Waals surface area contributed by atoms with Crippen LogP contribution in [0.2, 0.25) is 0 Å². The van der Waals surface area contributed by atoms with Crippen LogP contribution in [-0.2, 0) is 0 Å². The number of anilines is 1. The van der Waals surface area contributed by atoms with Gasteiger partial charge >= 0.3 is 0 Å². The van der Waals surface area contributed by atoms with Crippen LogP contribution in [0.15, 0.2) is 18.3 Å². The zero-order valence-corrected chi connectivity index (χ0v) is 7.99. The van der Waals surface area contributed by atoms with Crippen molar-refractivity contribution in [3.63, 3.8) is 0 Å². The molecule has 1 aromatic heterocycles. The van der Waals surface area contributed by atoms with Crippen LogP contribution >= 0.6 is 0 Å². The molecule has 0 aromatic carbocycles. The monoisotopic (exact) mass is 180 g/mol. The van der Waals surface area contributed by atoms with Crippen LogP contribution in [0.25, 0.3) is 0 Å². The van der Waals surface area contributed by atoms with Gasteiger partial charge in [-0.25, -0.2) is 4.98 Å². The van der Waals surface area contributed by atoms with Gasteiger partial charge in [0.2, 0.25) is 5.88 Å². The molecule has 0 saturated heterocycles. The number of nitrogens with zero attached hydrogens (tertiary/aromatic N) is 1. The van der Waals surface area contributed by atoms with E-state index in [2.05, 4.69) is 11.9 Å². The third kappa shape index (κ3) is 3.78. The predicted molar refractivity (Wildman–Crippen MR) is 53.7 cm³/mol. The summed E-state index contributed by atoms with van der Waals surface area (Å²) in [6.07, 6.45) is 5.10. The topological polar surface area (TPSA) is 48.1 Å². The van der Waals surface area contributed by atoms with E-state index in [0.717, 1.165) is 13.0 Å². The lowest BCUT2D eigenvalue weighted by molar-refractivity contribution is 0.295. The van der Waals surface area contributed by atoms with E-state index in [9.17, 15) is 0 Å². The minimum absolute atomic E-state index is 0.658. The summed E-state index contributed by atoms with van der Waals surface area (Å²) < 4.78 is 5.40. The summed E-state index contributed by atoms with van der Waals surface area (Å²) in [5.41, 5.74) is 6.15. The molecule has 0 bridgehead atoms.